The Kier molecular flexibility index (Phi) is 5.64. The molecule has 110 valence electrons. The third-order valence-electron chi connectivity index (χ3n) is 3.19. The third kappa shape index (κ3) is 4.36. The second-order valence-electron chi connectivity index (χ2n) is 4.52. The number of rotatable bonds is 3. The molecule has 1 saturated heterocycles. The van der Waals surface area contributed by atoms with Crippen LogP contribution in [0.2, 0.25) is 0 Å². The van der Waals surface area contributed by atoms with Crippen molar-refractivity contribution in [3.63, 3.8) is 0 Å². The van der Waals surface area contributed by atoms with E-state index in [0.717, 1.165) is 12.4 Å². The number of aromatic nitrogens is 2. The first-order valence-electron chi connectivity index (χ1n) is 5.96. The molecule has 8 heteroatoms. The number of hydrogen-bond donors (Lipinski definition) is 1. The fourth-order valence-electron chi connectivity index (χ4n) is 2.24. The summed E-state index contributed by atoms with van der Waals surface area (Å²) in [6.07, 6.45) is -1.39. The van der Waals surface area contributed by atoms with Gasteiger partial charge in [0, 0.05) is 45.6 Å². The zero-order valence-corrected chi connectivity index (χ0v) is 11.5. The van der Waals surface area contributed by atoms with E-state index in [2.05, 4.69) is 10.3 Å². The van der Waals surface area contributed by atoms with Gasteiger partial charge in [-0.15, -0.1) is 12.4 Å². The van der Waals surface area contributed by atoms with Crippen LogP contribution < -0.4 is 5.32 Å². The van der Waals surface area contributed by atoms with Gasteiger partial charge >= 0.3 is 6.18 Å². The first-order valence-corrected chi connectivity index (χ1v) is 5.96. The summed E-state index contributed by atoms with van der Waals surface area (Å²) < 4.78 is 38.7. The molecule has 0 aliphatic carbocycles. The highest BCUT2D eigenvalue weighted by molar-refractivity contribution is 5.85. The predicted octanol–water partition coefficient (Wildman–Crippen LogP) is 1.74. The molecule has 1 aromatic heterocycles. The van der Waals surface area contributed by atoms with E-state index in [1.54, 1.807) is 6.20 Å². The van der Waals surface area contributed by atoms with E-state index in [1.165, 1.54) is 0 Å². The molecule has 19 heavy (non-hydrogen) atoms. The van der Waals surface area contributed by atoms with Gasteiger partial charge in [-0.25, -0.2) is 4.98 Å². The quantitative estimate of drug-likeness (QED) is 0.923. The molecule has 1 fully saturated rings. The molecule has 1 atom stereocenters. The Morgan fingerprint density at radius 2 is 2.21 bits per heavy atom. The van der Waals surface area contributed by atoms with Crippen LogP contribution in [0.15, 0.2) is 12.4 Å². The van der Waals surface area contributed by atoms with Crippen molar-refractivity contribution in [3.05, 3.63) is 18.2 Å². The predicted molar refractivity (Wildman–Crippen MR) is 68.3 cm³/mol. The molecule has 0 saturated carbocycles. The van der Waals surface area contributed by atoms with Gasteiger partial charge < -0.3 is 9.88 Å². The zero-order valence-electron chi connectivity index (χ0n) is 10.7. The summed E-state index contributed by atoms with van der Waals surface area (Å²) in [5, 5.41) is 3.20. The molecule has 1 unspecified atom stereocenters. The summed E-state index contributed by atoms with van der Waals surface area (Å²) in [6, 6.07) is -0.0823. The largest absolute Gasteiger partial charge is 0.390 e. The van der Waals surface area contributed by atoms with Gasteiger partial charge in [-0.3, -0.25) is 4.90 Å². The Labute approximate surface area is 116 Å². The second-order valence-corrected chi connectivity index (χ2v) is 4.52. The zero-order chi connectivity index (χ0) is 13.2. The molecule has 0 amide bonds. The number of halogens is 4. The van der Waals surface area contributed by atoms with Crippen molar-refractivity contribution in [1.82, 2.24) is 19.8 Å². The average Bonchev–Trinajstić information content (AvgIpc) is 2.72. The van der Waals surface area contributed by atoms with Crippen LogP contribution >= 0.6 is 12.4 Å². The maximum atomic E-state index is 12.3. The van der Waals surface area contributed by atoms with Crippen LogP contribution in [0.5, 0.6) is 0 Å². The van der Waals surface area contributed by atoms with Crippen molar-refractivity contribution in [2.24, 2.45) is 7.05 Å². The standard InChI is InChI=1S/C11H17F3N4.ClH/c1-17-6-4-16-10(17)9-8-15-3-7-18(9)5-2-11(12,13)14;/h4,6,9,15H,2-3,5,7-8H2,1H3;1H. The topological polar surface area (TPSA) is 33.1 Å². The summed E-state index contributed by atoms with van der Waals surface area (Å²) in [5.74, 6) is 0.810. The minimum absolute atomic E-state index is 0. The van der Waals surface area contributed by atoms with Gasteiger partial charge in [0.1, 0.15) is 5.82 Å². The summed E-state index contributed by atoms with van der Waals surface area (Å²) in [7, 11) is 1.86. The molecule has 1 N–H and O–H groups in total. The Morgan fingerprint density at radius 3 is 2.79 bits per heavy atom. The van der Waals surface area contributed by atoms with Crippen LogP contribution in [-0.4, -0.2) is 46.8 Å². The normalized spacial score (nSPS) is 21.2. The molecule has 1 aliphatic heterocycles. The lowest BCUT2D eigenvalue weighted by Crippen LogP contribution is -2.47. The van der Waals surface area contributed by atoms with Gasteiger partial charge in [-0.1, -0.05) is 0 Å². The van der Waals surface area contributed by atoms with Gasteiger partial charge in [0.25, 0.3) is 0 Å². The van der Waals surface area contributed by atoms with E-state index >= 15 is 0 Å². The average molecular weight is 299 g/mol. The van der Waals surface area contributed by atoms with E-state index in [4.69, 9.17) is 0 Å². The number of hydrogen-bond acceptors (Lipinski definition) is 3. The number of aryl methyl sites for hydroxylation is 1. The Hall–Kier alpha value is -0.790. The summed E-state index contributed by atoms with van der Waals surface area (Å²) in [5.41, 5.74) is 0. The molecule has 0 aromatic carbocycles. The lowest BCUT2D eigenvalue weighted by molar-refractivity contribution is -0.139. The molecule has 1 aliphatic rings. The Morgan fingerprint density at radius 1 is 1.47 bits per heavy atom. The van der Waals surface area contributed by atoms with Crippen molar-refractivity contribution >= 4 is 12.4 Å². The first kappa shape index (κ1) is 16.3. The fraction of sp³-hybridized carbons (Fsp3) is 0.727. The van der Waals surface area contributed by atoms with Crippen molar-refractivity contribution in [2.75, 3.05) is 26.2 Å². The molecular formula is C11H18ClF3N4. The number of alkyl halides is 3. The fourth-order valence-corrected chi connectivity index (χ4v) is 2.24. The summed E-state index contributed by atoms with van der Waals surface area (Å²) in [6.45, 7) is 2.01. The van der Waals surface area contributed by atoms with E-state index in [1.807, 2.05) is 22.7 Å². The van der Waals surface area contributed by atoms with Gasteiger partial charge in [-0.05, 0) is 0 Å². The highest BCUT2D eigenvalue weighted by atomic mass is 35.5. The van der Waals surface area contributed by atoms with Crippen LogP contribution in [-0.2, 0) is 7.05 Å². The van der Waals surface area contributed by atoms with Gasteiger partial charge in [-0.2, -0.15) is 13.2 Å². The van der Waals surface area contributed by atoms with Crippen LogP contribution in [0, 0.1) is 0 Å². The van der Waals surface area contributed by atoms with Crippen molar-refractivity contribution < 1.29 is 13.2 Å². The lowest BCUT2D eigenvalue weighted by atomic mass is 10.1. The molecule has 0 radical (unpaired) electrons. The van der Waals surface area contributed by atoms with E-state index in [9.17, 15) is 13.2 Å². The van der Waals surface area contributed by atoms with E-state index in [0.29, 0.717) is 13.1 Å². The maximum absolute atomic E-state index is 12.3. The molecule has 1 aromatic rings. The highest BCUT2D eigenvalue weighted by Gasteiger charge is 2.32. The maximum Gasteiger partial charge on any atom is 0.390 e. The molecule has 4 nitrogen and oxygen atoms in total. The lowest BCUT2D eigenvalue weighted by Gasteiger charge is -2.35. The van der Waals surface area contributed by atoms with Gasteiger partial charge in [0.15, 0.2) is 0 Å². The van der Waals surface area contributed by atoms with E-state index in [-0.39, 0.29) is 25.0 Å². The van der Waals surface area contributed by atoms with Crippen LogP contribution in [0.25, 0.3) is 0 Å². The smallest absolute Gasteiger partial charge is 0.337 e. The monoisotopic (exact) mass is 298 g/mol. The Bertz CT molecular complexity index is 394. The van der Waals surface area contributed by atoms with Crippen molar-refractivity contribution in [1.29, 1.82) is 0 Å². The minimum Gasteiger partial charge on any atom is -0.337 e. The SMILES string of the molecule is Cl.Cn1ccnc1C1CNCCN1CCC(F)(F)F. The number of piperazine rings is 1. The van der Waals surface area contributed by atoms with Crippen LogP contribution in [0.3, 0.4) is 0 Å². The third-order valence-corrected chi connectivity index (χ3v) is 3.19. The van der Waals surface area contributed by atoms with Crippen LogP contribution in [0.4, 0.5) is 13.2 Å². The minimum atomic E-state index is -4.10. The number of imidazole rings is 1. The van der Waals surface area contributed by atoms with Crippen molar-refractivity contribution in [3.8, 4) is 0 Å². The molecular weight excluding hydrogens is 281 g/mol. The Balaban J connectivity index is 0.00000180. The molecule has 2 rings (SSSR count). The number of nitrogens with zero attached hydrogens (tertiary/aromatic N) is 3. The highest BCUT2D eigenvalue weighted by Crippen LogP contribution is 2.25. The van der Waals surface area contributed by atoms with Gasteiger partial charge in [0.05, 0.1) is 12.5 Å². The molecule has 0 bridgehead atoms. The van der Waals surface area contributed by atoms with Crippen LogP contribution in [0.1, 0.15) is 18.3 Å². The first-order chi connectivity index (χ1) is 8.47. The second kappa shape index (κ2) is 6.58. The summed E-state index contributed by atoms with van der Waals surface area (Å²) >= 11 is 0. The van der Waals surface area contributed by atoms with Gasteiger partial charge in [0.2, 0.25) is 0 Å². The molecule has 2 heterocycles. The van der Waals surface area contributed by atoms with E-state index < -0.39 is 12.6 Å². The molecule has 0 spiro atoms. The number of nitrogens with one attached hydrogen (secondary N) is 1. The summed E-state index contributed by atoms with van der Waals surface area (Å²) in [4.78, 5) is 6.09. The van der Waals surface area contributed by atoms with Crippen molar-refractivity contribution in [2.45, 2.75) is 18.6 Å².